The molecule has 5 aromatic rings. The zero-order valence-corrected chi connectivity index (χ0v) is 18.3. The van der Waals surface area contributed by atoms with Crippen LogP contribution in [0.1, 0.15) is 49.4 Å². The SMILES string of the molecule is CC(C)c1cnn2c(N)nc(-c3cncnc3)nc12.c1ccc2c3c([nH]c2c1)CCCC3. The van der Waals surface area contributed by atoms with Crippen LogP contribution in [-0.2, 0) is 12.8 Å². The molecule has 8 heteroatoms. The third-order valence-electron chi connectivity index (χ3n) is 5.87. The molecule has 1 aliphatic carbocycles. The van der Waals surface area contributed by atoms with Gasteiger partial charge in [-0.2, -0.15) is 14.6 Å². The van der Waals surface area contributed by atoms with E-state index >= 15 is 0 Å². The largest absolute Gasteiger partial charge is 0.368 e. The highest BCUT2D eigenvalue weighted by molar-refractivity contribution is 5.84. The number of aromatic nitrogens is 7. The minimum absolute atomic E-state index is 0.302. The molecule has 0 atom stereocenters. The van der Waals surface area contributed by atoms with E-state index in [1.54, 1.807) is 28.7 Å². The van der Waals surface area contributed by atoms with E-state index in [9.17, 15) is 0 Å². The number of nitrogens with two attached hydrogens (primary N) is 1. The predicted octanol–water partition coefficient (Wildman–Crippen LogP) is 4.33. The minimum atomic E-state index is 0.302. The van der Waals surface area contributed by atoms with Crippen molar-refractivity contribution in [1.29, 1.82) is 0 Å². The van der Waals surface area contributed by atoms with Gasteiger partial charge in [-0.1, -0.05) is 32.0 Å². The molecule has 4 aromatic heterocycles. The first-order valence-electron chi connectivity index (χ1n) is 11.0. The van der Waals surface area contributed by atoms with Crippen molar-refractivity contribution >= 4 is 22.5 Å². The Labute approximate surface area is 186 Å². The molecule has 32 heavy (non-hydrogen) atoms. The van der Waals surface area contributed by atoms with Gasteiger partial charge in [-0.25, -0.2) is 15.0 Å². The lowest BCUT2D eigenvalue weighted by Crippen LogP contribution is -2.06. The maximum atomic E-state index is 5.92. The summed E-state index contributed by atoms with van der Waals surface area (Å²) in [5.41, 5.74) is 12.8. The standard InChI is InChI=1S/C12H13N7.C12H13N/c1-7(2)9-5-16-19-11(9)17-10(18-12(19)13)8-3-14-6-15-4-8;1-3-7-11-9(5-1)10-6-2-4-8-12(10)13-11/h3-7H,1-2H3,(H2,13,17,18);1,3,5,7,13H,2,4,6,8H2. The smallest absolute Gasteiger partial charge is 0.225 e. The Bertz CT molecular complexity index is 1370. The number of benzene rings is 1. The number of nitrogen functional groups attached to an aromatic ring is 1. The summed E-state index contributed by atoms with van der Waals surface area (Å²) in [7, 11) is 0. The van der Waals surface area contributed by atoms with Crippen LogP contribution in [0.3, 0.4) is 0 Å². The first-order valence-corrected chi connectivity index (χ1v) is 11.0. The molecular weight excluding hydrogens is 400 g/mol. The van der Waals surface area contributed by atoms with E-state index in [1.807, 2.05) is 0 Å². The number of hydrogen-bond donors (Lipinski definition) is 2. The molecule has 0 bridgehead atoms. The van der Waals surface area contributed by atoms with E-state index in [1.165, 1.54) is 48.6 Å². The van der Waals surface area contributed by atoms with Gasteiger partial charge < -0.3 is 10.7 Å². The van der Waals surface area contributed by atoms with Crippen LogP contribution in [0.2, 0.25) is 0 Å². The molecule has 1 aliphatic rings. The number of aryl methyl sites for hydroxylation is 2. The highest BCUT2D eigenvalue weighted by Gasteiger charge is 2.15. The van der Waals surface area contributed by atoms with Gasteiger partial charge in [0.1, 0.15) is 6.33 Å². The lowest BCUT2D eigenvalue weighted by atomic mass is 9.96. The van der Waals surface area contributed by atoms with Gasteiger partial charge in [-0.15, -0.1) is 0 Å². The Balaban J connectivity index is 0.000000144. The molecule has 162 valence electrons. The maximum Gasteiger partial charge on any atom is 0.225 e. The van der Waals surface area contributed by atoms with Gasteiger partial charge in [0.2, 0.25) is 5.95 Å². The molecule has 1 aromatic carbocycles. The summed E-state index contributed by atoms with van der Waals surface area (Å²) in [5.74, 6) is 1.12. The second-order valence-electron chi connectivity index (χ2n) is 8.36. The fourth-order valence-electron chi connectivity index (χ4n) is 4.22. The van der Waals surface area contributed by atoms with Crippen molar-refractivity contribution in [2.75, 3.05) is 5.73 Å². The number of aromatic amines is 1. The second kappa shape index (κ2) is 8.37. The molecule has 0 radical (unpaired) electrons. The number of H-pyrrole nitrogens is 1. The van der Waals surface area contributed by atoms with Crippen molar-refractivity contribution in [3.05, 3.63) is 66.0 Å². The molecule has 0 spiro atoms. The van der Waals surface area contributed by atoms with Crippen molar-refractivity contribution < 1.29 is 0 Å². The van der Waals surface area contributed by atoms with Gasteiger partial charge in [0.05, 0.1) is 11.8 Å². The Morgan fingerprint density at radius 1 is 1.00 bits per heavy atom. The Kier molecular flexibility index (Phi) is 5.26. The van der Waals surface area contributed by atoms with E-state index in [-0.39, 0.29) is 0 Å². The third kappa shape index (κ3) is 3.68. The number of para-hydroxylation sites is 1. The molecule has 4 heterocycles. The molecule has 8 nitrogen and oxygen atoms in total. The van der Waals surface area contributed by atoms with Gasteiger partial charge in [-0.05, 0) is 43.2 Å². The maximum absolute atomic E-state index is 5.92. The second-order valence-corrected chi connectivity index (χ2v) is 8.36. The lowest BCUT2D eigenvalue weighted by Gasteiger charge is -2.10. The molecule has 0 amide bonds. The summed E-state index contributed by atoms with van der Waals surface area (Å²) in [6.45, 7) is 4.17. The normalized spacial score (nSPS) is 13.2. The third-order valence-corrected chi connectivity index (χ3v) is 5.87. The molecule has 0 unspecified atom stereocenters. The molecule has 0 saturated heterocycles. The molecule has 6 rings (SSSR count). The van der Waals surface area contributed by atoms with Crippen molar-refractivity contribution in [2.45, 2.75) is 45.4 Å². The van der Waals surface area contributed by atoms with Gasteiger partial charge in [0.25, 0.3) is 0 Å². The predicted molar refractivity (Wildman–Crippen MR) is 125 cm³/mol. The lowest BCUT2D eigenvalue weighted by molar-refractivity contribution is 0.680. The monoisotopic (exact) mass is 426 g/mol. The van der Waals surface area contributed by atoms with Crippen molar-refractivity contribution in [3.8, 4) is 11.4 Å². The Hall–Kier alpha value is -3.81. The van der Waals surface area contributed by atoms with E-state index < -0.39 is 0 Å². The van der Waals surface area contributed by atoms with E-state index in [0.29, 0.717) is 17.7 Å². The van der Waals surface area contributed by atoms with Crippen LogP contribution in [0.5, 0.6) is 0 Å². The van der Waals surface area contributed by atoms with Crippen LogP contribution < -0.4 is 5.73 Å². The molecule has 3 N–H and O–H groups in total. The number of anilines is 1. The number of hydrogen-bond acceptors (Lipinski definition) is 6. The summed E-state index contributed by atoms with van der Waals surface area (Å²) in [5, 5.41) is 5.65. The van der Waals surface area contributed by atoms with Gasteiger partial charge >= 0.3 is 0 Å². The van der Waals surface area contributed by atoms with Crippen molar-refractivity contribution in [2.24, 2.45) is 0 Å². The molecular formula is C24H26N8. The molecule has 0 saturated carbocycles. The number of nitrogens with zero attached hydrogens (tertiary/aromatic N) is 6. The number of nitrogens with one attached hydrogen (secondary N) is 1. The molecule has 0 aliphatic heterocycles. The number of fused-ring (bicyclic) bond motifs is 4. The van der Waals surface area contributed by atoms with Crippen LogP contribution in [0, 0.1) is 0 Å². The first kappa shape index (κ1) is 20.1. The van der Waals surface area contributed by atoms with Crippen LogP contribution in [-0.4, -0.2) is 34.5 Å². The number of rotatable bonds is 2. The zero-order chi connectivity index (χ0) is 22.1. The summed E-state index contributed by atoms with van der Waals surface area (Å²) >= 11 is 0. The highest BCUT2D eigenvalue weighted by atomic mass is 15.3. The van der Waals surface area contributed by atoms with Gasteiger partial charge in [0.15, 0.2) is 11.5 Å². The zero-order valence-electron chi connectivity index (χ0n) is 18.3. The van der Waals surface area contributed by atoms with Gasteiger partial charge in [0, 0.05) is 34.6 Å². The first-order chi connectivity index (χ1) is 15.6. The fraction of sp³-hybridized carbons (Fsp3) is 0.292. The summed E-state index contributed by atoms with van der Waals surface area (Å²) in [4.78, 5) is 20.2. The topological polar surface area (TPSA) is 111 Å². The van der Waals surface area contributed by atoms with E-state index in [2.05, 4.69) is 68.1 Å². The van der Waals surface area contributed by atoms with E-state index in [4.69, 9.17) is 5.73 Å². The Morgan fingerprint density at radius 3 is 2.59 bits per heavy atom. The van der Waals surface area contributed by atoms with E-state index in [0.717, 1.165) is 16.8 Å². The van der Waals surface area contributed by atoms with Crippen LogP contribution in [0.15, 0.2) is 49.2 Å². The summed E-state index contributed by atoms with van der Waals surface area (Å²) in [6, 6.07) is 8.64. The van der Waals surface area contributed by atoms with Crippen LogP contribution >= 0.6 is 0 Å². The van der Waals surface area contributed by atoms with Crippen molar-refractivity contribution in [1.82, 2.24) is 34.5 Å². The minimum Gasteiger partial charge on any atom is -0.368 e. The van der Waals surface area contributed by atoms with Crippen LogP contribution in [0.25, 0.3) is 27.9 Å². The summed E-state index contributed by atoms with van der Waals surface area (Å²) < 4.78 is 1.54. The average molecular weight is 427 g/mol. The quantitative estimate of drug-likeness (QED) is 0.435. The van der Waals surface area contributed by atoms with Gasteiger partial charge in [-0.3, -0.25) is 0 Å². The van der Waals surface area contributed by atoms with Crippen molar-refractivity contribution in [3.63, 3.8) is 0 Å². The summed E-state index contributed by atoms with van der Waals surface area (Å²) in [6.07, 6.45) is 11.8. The highest BCUT2D eigenvalue weighted by Crippen LogP contribution is 2.28. The average Bonchev–Trinajstić information content (AvgIpc) is 3.42. The molecule has 0 fully saturated rings. The Morgan fingerprint density at radius 2 is 1.78 bits per heavy atom. The fourth-order valence-corrected chi connectivity index (χ4v) is 4.22. The van der Waals surface area contributed by atoms with Crippen LogP contribution in [0.4, 0.5) is 5.95 Å².